The van der Waals surface area contributed by atoms with Crippen molar-refractivity contribution in [3.63, 3.8) is 0 Å². The molecule has 8 heteroatoms. The van der Waals surface area contributed by atoms with Crippen molar-refractivity contribution >= 4 is 17.7 Å². The van der Waals surface area contributed by atoms with Crippen molar-refractivity contribution < 1.29 is 18.8 Å². The van der Waals surface area contributed by atoms with Gasteiger partial charge in [0.25, 0.3) is 0 Å². The molecule has 0 spiro atoms. The molecule has 1 heterocycles. The van der Waals surface area contributed by atoms with Crippen molar-refractivity contribution in [1.29, 1.82) is 0 Å². The Labute approximate surface area is 212 Å². The van der Waals surface area contributed by atoms with Crippen LogP contribution in [0, 0.1) is 11.2 Å². The van der Waals surface area contributed by atoms with Crippen molar-refractivity contribution in [1.82, 2.24) is 20.9 Å². The van der Waals surface area contributed by atoms with Gasteiger partial charge >= 0.3 is 0 Å². The molecule has 0 unspecified atom stereocenters. The number of amides is 3. The first-order valence-corrected chi connectivity index (χ1v) is 12.3. The first kappa shape index (κ1) is 27.3. The van der Waals surface area contributed by atoms with Crippen LogP contribution >= 0.6 is 0 Å². The summed E-state index contributed by atoms with van der Waals surface area (Å²) in [5.41, 5.74) is 1.72. The van der Waals surface area contributed by atoms with Crippen LogP contribution in [-0.4, -0.2) is 47.8 Å². The quantitative estimate of drug-likeness (QED) is 0.550. The topological polar surface area (TPSA) is 90.5 Å². The second-order valence-corrected chi connectivity index (χ2v) is 10.5. The van der Waals surface area contributed by atoms with E-state index in [0.29, 0.717) is 12.0 Å². The SMILES string of the molecule is CN[C@@H](C)C(=O)N[C@H](C(=O)N1Cc2ccccc2C[C@H]1C(=O)N[C@H](C)c1ccccc1F)C(C)(C)C. The minimum absolute atomic E-state index is 0.241. The van der Waals surface area contributed by atoms with Crippen LogP contribution in [-0.2, 0) is 27.3 Å². The Balaban J connectivity index is 1.92. The monoisotopic (exact) mass is 496 g/mol. The molecule has 3 N–H and O–H groups in total. The van der Waals surface area contributed by atoms with Gasteiger partial charge in [0.05, 0.1) is 12.1 Å². The van der Waals surface area contributed by atoms with Gasteiger partial charge in [0, 0.05) is 18.5 Å². The molecule has 0 fully saturated rings. The maximum atomic E-state index is 14.3. The Kier molecular flexibility index (Phi) is 8.51. The molecule has 4 atom stereocenters. The number of benzene rings is 2. The fourth-order valence-electron chi connectivity index (χ4n) is 4.42. The van der Waals surface area contributed by atoms with Gasteiger partial charge in [-0.1, -0.05) is 63.2 Å². The molecule has 194 valence electrons. The summed E-state index contributed by atoms with van der Waals surface area (Å²) in [7, 11) is 1.68. The van der Waals surface area contributed by atoms with E-state index in [-0.39, 0.29) is 24.3 Å². The third kappa shape index (κ3) is 6.10. The lowest BCUT2D eigenvalue weighted by molar-refractivity contribution is -0.147. The maximum Gasteiger partial charge on any atom is 0.246 e. The number of fused-ring (bicyclic) bond motifs is 1. The summed E-state index contributed by atoms with van der Waals surface area (Å²) < 4.78 is 14.3. The molecular weight excluding hydrogens is 459 g/mol. The molecule has 0 saturated carbocycles. The number of hydrogen-bond donors (Lipinski definition) is 3. The van der Waals surface area contributed by atoms with Gasteiger partial charge in [0.2, 0.25) is 17.7 Å². The normalized spacial score (nSPS) is 18.0. The third-order valence-electron chi connectivity index (χ3n) is 6.79. The molecule has 3 rings (SSSR count). The Morgan fingerprint density at radius 2 is 1.58 bits per heavy atom. The van der Waals surface area contributed by atoms with Crippen LogP contribution in [0.5, 0.6) is 0 Å². The van der Waals surface area contributed by atoms with Crippen LogP contribution in [0.2, 0.25) is 0 Å². The van der Waals surface area contributed by atoms with Crippen LogP contribution in [0.4, 0.5) is 4.39 Å². The van der Waals surface area contributed by atoms with Gasteiger partial charge in [-0.2, -0.15) is 0 Å². The van der Waals surface area contributed by atoms with Crippen molar-refractivity contribution in [2.24, 2.45) is 5.41 Å². The molecule has 0 saturated heterocycles. The predicted molar refractivity (Wildman–Crippen MR) is 137 cm³/mol. The van der Waals surface area contributed by atoms with E-state index in [2.05, 4.69) is 16.0 Å². The lowest BCUT2D eigenvalue weighted by atomic mass is 9.84. The third-order valence-corrected chi connectivity index (χ3v) is 6.79. The Bertz CT molecular complexity index is 1110. The fraction of sp³-hybridized carbons (Fsp3) is 0.464. The zero-order chi connectivity index (χ0) is 26.6. The Morgan fingerprint density at radius 1 is 0.972 bits per heavy atom. The highest BCUT2D eigenvalue weighted by atomic mass is 19.1. The standard InChI is InChI=1S/C28H37FN4O3/c1-17(21-13-9-10-14-22(21)29)31-26(35)23-15-19-11-7-8-12-20(19)16-33(23)27(36)24(28(3,4)5)32-25(34)18(2)30-6/h7-14,17-18,23-24,30H,15-16H2,1-6H3,(H,31,35)(H,32,34)/t17-,18+,23+,24-/m1/s1. The van der Waals surface area contributed by atoms with Crippen molar-refractivity contribution in [2.45, 2.75) is 71.8 Å². The van der Waals surface area contributed by atoms with Crippen molar-refractivity contribution in [3.8, 4) is 0 Å². The molecule has 0 radical (unpaired) electrons. The summed E-state index contributed by atoms with van der Waals surface area (Å²) in [6.45, 7) is 9.33. The highest BCUT2D eigenvalue weighted by Gasteiger charge is 2.42. The van der Waals surface area contributed by atoms with Gasteiger partial charge in [0.15, 0.2) is 0 Å². The second-order valence-electron chi connectivity index (χ2n) is 10.5. The van der Waals surface area contributed by atoms with Crippen LogP contribution in [0.15, 0.2) is 48.5 Å². The maximum absolute atomic E-state index is 14.3. The van der Waals surface area contributed by atoms with E-state index in [9.17, 15) is 18.8 Å². The number of carbonyl (C=O) groups is 3. The lowest BCUT2D eigenvalue weighted by Gasteiger charge is -2.41. The van der Waals surface area contributed by atoms with Crippen LogP contribution in [0.3, 0.4) is 0 Å². The van der Waals surface area contributed by atoms with Gasteiger partial charge in [-0.05, 0) is 43.5 Å². The molecule has 0 bridgehead atoms. The smallest absolute Gasteiger partial charge is 0.246 e. The molecule has 0 aromatic heterocycles. The molecule has 36 heavy (non-hydrogen) atoms. The number of halogens is 1. The average Bonchev–Trinajstić information content (AvgIpc) is 2.84. The average molecular weight is 497 g/mol. The fourth-order valence-corrected chi connectivity index (χ4v) is 4.42. The van der Waals surface area contributed by atoms with E-state index in [0.717, 1.165) is 11.1 Å². The Hall–Kier alpha value is -3.26. The first-order valence-electron chi connectivity index (χ1n) is 12.3. The molecule has 3 amide bonds. The van der Waals surface area contributed by atoms with E-state index in [1.165, 1.54) is 6.07 Å². The molecular formula is C28H37FN4O3. The molecule has 2 aromatic carbocycles. The first-order chi connectivity index (χ1) is 16.9. The van der Waals surface area contributed by atoms with E-state index in [1.807, 2.05) is 45.0 Å². The van der Waals surface area contributed by atoms with E-state index in [4.69, 9.17) is 0 Å². The zero-order valence-electron chi connectivity index (χ0n) is 21.9. The van der Waals surface area contributed by atoms with E-state index < -0.39 is 35.4 Å². The summed E-state index contributed by atoms with van der Waals surface area (Å²) in [6.07, 6.45) is 0.329. The summed E-state index contributed by atoms with van der Waals surface area (Å²) in [5, 5.41) is 8.68. The van der Waals surface area contributed by atoms with Crippen LogP contribution in [0.25, 0.3) is 0 Å². The van der Waals surface area contributed by atoms with Crippen molar-refractivity contribution in [3.05, 3.63) is 71.0 Å². The second kappa shape index (κ2) is 11.2. The molecule has 2 aromatic rings. The highest BCUT2D eigenvalue weighted by molar-refractivity contribution is 5.94. The van der Waals surface area contributed by atoms with Crippen LogP contribution < -0.4 is 16.0 Å². The molecule has 1 aliphatic heterocycles. The highest BCUT2D eigenvalue weighted by Crippen LogP contribution is 2.29. The van der Waals surface area contributed by atoms with Gasteiger partial charge in [-0.25, -0.2) is 4.39 Å². The van der Waals surface area contributed by atoms with Gasteiger partial charge in [0.1, 0.15) is 17.9 Å². The zero-order valence-corrected chi connectivity index (χ0v) is 21.9. The lowest BCUT2D eigenvalue weighted by Crippen LogP contribution is -2.61. The summed E-state index contributed by atoms with van der Waals surface area (Å²) in [5.74, 6) is -1.39. The van der Waals surface area contributed by atoms with E-state index in [1.54, 1.807) is 44.0 Å². The Morgan fingerprint density at radius 3 is 2.19 bits per heavy atom. The number of carbonyl (C=O) groups excluding carboxylic acids is 3. The predicted octanol–water partition coefficient (Wildman–Crippen LogP) is 3.10. The number of rotatable bonds is 7. The van der Waals surface area contributed by atoms with Gasteiger partial charge in [-0.15, -0.1) is 0 Å². The molecule has 0 aliphatic carbocycles. The van der Waals surface area contributed by atoms with Crippen molar-refractivity contribution in [2.75, 3.05) is 7.05 Å². The minimum Gasteiger partial charge on any atom is -0.348 e. The minimum atomic E-state index is -0.842. The number of likely N-dealkylation sites (N-methyl/N-ethyl adjacent to an activating group) is 1. The summed E-state index contributed by atoms with van der Waals surface area (Å²) in [6, 6.07) is 11.3. The van der Waals surface area contributed by atoms with Crippen LogP contribution in [0.1, 0.15) is 57.4 Å². The summed E-state index contributed by atoms with van der Waals surface area (Å²) >= 11 is 0. The number of hydrogen-bond acceptors (Lipinski definition) is 4. The summed E-state index contributed by atoms with van der Waals surface area (Å²) in [4.78, 5) is 41.8. The molecule has 1 aliphatic rings. The number of nitrogens with zero attached hydrogens (tertiary/aromatic N) is 1. The number of nitrogens with one attached hydrogen (secondary N) is 3. The van der Waals surface area contributed by atoms with Gasteiger partial charge in [-0.3, -0.25) is 14.4 Å². The molecule has 7 nitrogen and oxygen atoms in total. The van der Waals surface area contributed by atoms with E-state index >= 15 is 0 Å². The largest absolute Gasteiger partial charge is 0.348 e. The van der Waals surface area contributed by atoms with Gasteiger partial charge < -0.3 is 20.9 Å².